The molecule has 31 heavy (non-hydrogen) atoms. The van der Waals surface area contributed by atoms with Crippen molar-refractivity contribution in [3.8, 4) is 0 Å². The Balaban J connectivity index is 1.54. The minimum absolute atomic E-state index is 0.0664. The molecule has 3 N–H and O–H groups in total. The molecule has 0 aliphatic carbocycles. The number of nitrogens with two attached hydrogens (primary N) is 1. The number of rotatable bonds is 7. The highest BCUT2D eigenvalue weighted by molar-refractivity contribution is 6.34. The number of aromatic nitrogens is 1. The van der Waals surface area contributed by atoms with E-state index in [1.54, 1.807) is 17.0 Å². The first-order valence-electron chi connectivity index (χ1n) is 9.97. The summed E-state index contributed by atoms with van der Waals surface area (Å²) in [5.41, 5.74) is 6.82. The highest BCUT2D eigenvalue weighted by Gasteiger charge is 2.23. The second kappa shape index (κ2) is 10.4. The summed E-state index contributed by atoms with van der Waals surface area (Å²) in [5, 5.41) is 3.12. The van der Waals surface area contributed by atoms with E-state index in [1.807, 2.05) is 20.2 Å². The first kappa shape index (κ1) is 22.7. The summed E-state index contributed by atoms with van der Waals surface area (Å²) in [4.78, 5) is 34.2. The number of carbonyl (C=O) groups excluding carboxylic acids is 2. The molecule has 0 spiro atoms. The normalized spacial score (nSPS) is 14.1. The van der Waals surface area contributed by atoms with Crippen LogP contribution >= 0.6 is 11.6 Å². The molecule has 168 valence electrons. The molecule has 0 unspecified atom stereocenters. The molecule has 10 nitrogen and oxygen atoms in total. The van der Waals surface area contributed by atoms with Gasteiger partial charge in [0.15, 0.2) is 5.69 Å². The number of hydrogen-bond donors (Lipinski definition) is 2. The number of nitrogen functional groups attached to an aromatic ring is 1. The molecule has 1 saturated heterocycles. The lowest BCUT2D eigenvalue weighted by Gasteiger charge is -2.35. The predicted octanol–water partition coefficient (Wildman–Crippen LogP) is 2.37. The molecule has 1 aromatic heterocycles. The van der Waals surface area contributed by atoms with E-state index in [9.17, 15) is 9.59 Å². The fourth-order valence-corrected chi connectivity index (χ4v) is 3.33. The van der Waals surface area contributed by atoms with Gasteiger partial charge in [-0.15, -0.1) is 0 Å². The van der Waals surface area contributed by atoms with Crippen LogP contribution in [0, 0.1) is 0 Å². The molecule has 2 heterocycles. The molecule has 0 radical (unpaired) electrons. The summed E-state index contributed by atoms with van der Waals surface area (Å²) < 4.78 is 10.2. The van der Waals surface area contributed by atoms with E-state index < -0.39 is 5.91 Å². The van der Waals surface area contributed by atoms with Crippen LogP contribution in [0.1, 0.15) is 16.9 Å². The van der Waals surface area contributed by atoms with Crippen molar-refractivity contribution in [3.63, 3.8) is 0 Å². The summed E-state index contributed by atoms with van der Waals surface area (Å²) in [6.07, 6.45) is 1.70. The van der Waals surface area contributed by atoms with Crippen molar-refractivity contribution in [1.29, 1.82) is 0 Å². The van der Waals surface area contributed by atoms with Crippen LogP contribution in [0.5, 0.6) is 0 Å². The Morgan fingerprint density at radius 2 is 2.03 bits per heavy atom. The van der Waals surface area contributed by atoms with Crippen LogP contribution in [0.25, 0.3) is 0 Å². The van der Waals surface area contributed by atoms with Gasteiger partial charge < -0.3 is 34.9 Å². The zero-order valence-corrected chi connectivity index (χ0v) is 18.4. The van der Waals surface area contributed by atoms with Gasteiger partial charge in [0.2, 0.25) is 0 Å². The van der Waals surface area contributed by atoms with Crippen LogP contribution in [0.4, 0.5) is 22.2 Å². The molecule has 11 heteroatoms. The topological polar surface area (TPSA) is 117 Å². The summed E-state index contributed by atoms with van der Waals surface area (Å²) in [5.74, 6) is -0.471. The van der Waals surface area contributed by atoms with Crippen molar-refractivity contribution in [1.82, 2.24) is 14.8 Å². The molecule has 0 saturated carbocycles. The summed E-state index contributed by atoms with van der Waals surface area (Å²) >= 11 is 6.24. The smallest absolute Gasteiger partial charge is 0.409 e. The number of oxazole rings is 1. The third-order valence-electron chi connectivity index (χ3n) is 4.83. The maximum atomic E-state index is 12.3. The average molecular weight is 451 g/mol. The molecule has 0 atom stereocenters. The second-order valence-electron chi connectivity index (χ2n) is 7.43. The number of nitrogens with one attached hydrogen (secondary N) is 1. The molecule has 1 aliphatic rings. The van der Waals surface area contributed by atoms with Crippen molar-refractivity contribution in [2.24, 2.45) is 0 Å². The van der Waals surface area contributed by atoms with Gasteiger partial charge in [-0.1, -0.05) is 11.6 Å². The SMILES string of the molecule is CN(C)CCCOC(=O)N1CCN(c2ccc(Cl)c(NC(=O)c3coc(N)n3)c2)CC1. The van der Waals surface area contributed by atoms with E-state index in [-0.39, 0.29) is 17.8 Å². The maximum absolute atomic E-state index is 12.3. The molecule has 2 aromatic rings. The molecular weight excluding hydrogens is 424 g/mol. The van der Waals surface area contributed by atoms with Gasteiger partial charge in [-0.25, -0.2) is 4.79 Å². The van der Waals surface area contributed by atoms with Gasteiger partial charge in [-0.2, -0.15) is 4.98 Å². The van der Waals surface area contributed by atoms with Crippen LogP contribution < -0.4 is 16.0 Å². The van der Waals surface area contributed by atoms with Gasteiger partial charge in [0.05, 0.1) is 17.3 Å². The van der Waals surface area contributed by atoms with Gasteiger partial charge >= 0.3 is 6.09 Å². The Labute approximate surface area is 185 Å². The van der Waals surface area contributed by atoms with Crippen molar-refractivity contribution < 1.29 is 18.7 Å². The molecule has 1 aliphatic heterocycles. The fourth-order valence-electron chi connectivity index (χ4n) is 3.16. The van der Waals surface area contributed by atoms with E-state index in [0.717, 1.165) is 18.7 Å². The zero-order chi connectivity index (χ0) is 22.4. The van der Waals surface area contributed by atoms with Crippen LogP contribution in [0.15, 0.2) is 28.9 Å². The number of nitrogens with zero attached hydrogens (tertiary/aromatic N) is 4. The largest absolute Gasteiger partial charge is 0.449 e. The third kappa shape index (κ3) is 6.25. The quantitative estimate of drug-likeness (QED) is 0.617. The highest BCUT2D eigenvalue weighted by atomic mass is 35.5. The number of amides is 2. The molecule has 2 amide bonds. The van der Waals surface area contributed by atoms with Gasteiger partial charge in [0.1, 0.15) is 6.26 Å². The Hall–Kier alpha value is -2.98. The average Bonchev–Trinajstić information content (AvgIpc) is 3.19. The summed E-state index contributed by atoms with van der Waals surface area (Å²) in [6, 6.07) is 5.30. The van der Waals surface area contributed by atoms with Crippen LogP contribution in [0.3, 0.4) is 0 Å². The lowest BCUT2D eigenvalue weighted by molar-refractivity contribution is 0.0970. The minimum Gasteiger partial charge on any atom is -0.449 e. The first-order valence-corrected chi connectivity index (χ1v) is 10.3. The van der Waals surface area contributed by atoms with Crippen molar-refractivity contribution in [2.75, 3.05) is 69.4 Å². The Morgan fingerprint density at radius 3 is 2.68 bits per heavy atom. The molecule has 1 aromatic carbocycles. The number of anilines is 3. The van der Waals surface area contributed by atoms with Crippen LogP contribution in [0.2, 0.25) is 5.02 Å². The van der Waals surface area contributed by atoms with Crippen LogP contribution in [-0.2, 0) is 4.74 Å². The second-order valence-corrected chi connectivity index (χ2v) is 7.84. The van der Waals surface area contributed by atoms with E-state index in [2.05, 4.69) is 20.1 Å². The predicted molar refractivity (Wildman–Crippen MR) is 119 cm³/mol. The number of halogens is 1. The Bertz CT molecular complexity index is 911. The van der Waals surface area contributed by atoms with E-state index in [4.69, 9.17) is 26.5 Å². The van der Waals surface area contributed by atoms with Crippen molar-refractivity contribution >= 4 is 41.0 Å². The van der Waals surface area contributed by atoms with E-state index in [0.29, 0.717) is 43.5 Å². The van der Waals surface area contributed by atoms with Gasteiger partial charge in [0.25, 0.3) is 11.9 Å². The number of carbonyl (C=O) groups is 2. The van der Waals surface area contributed by atoms with Gasteiger partial charge in [-0.3, -0.25) is 4.79 Å². The van der Waals surface area contributed by atoms with Gasteiger partial charge in [0, 0.05) is 38.4 Å². The lowest BCUT2D eigenvalue weighted by atomic mass is 10.2. The maximum Gasteiger partial charge on any atom is 0.409 e. The minimum atomic E-state index is -0.471. The summed E-state index contributed by atoms with van der Waals surface area (Å²) in [7, 11) is 3.97. The number of hydrogen-bond acceptors (Lipinski definition) is 8. The lowest BCUT2D eigenvalue weighted by Crippen LogP contribution is -2.49. The van der Waals surface area contributed by atoms with Gasteiger partial charge in [-0.05, 0) is 38.7 Å². The molecule has 3 rings (SSSR count). The van der Waals surface area contributed by atoms with E-state index in [1.165, 1.54) is 6.26 Å². The number of ether oxygens (including phenoxy) is 1. The number of piperazine rings is 1. The highest BCUT2D eigenvalue weighted by Crippen LogP contribution is 2.29. The standard InChI is InChI=1S/C20H27ClN6O4/c1-25(2)6-3-11-30-20(29)27-9-7-26(8-10-27)14-4-5-15(21)16(12-14)23-18(28)17-13-31-19(22)24-17/h4-5,12-13H,3,6-11H2,1-2H3,(H2,22,24)(H,23,28). The first-order chi connectivity index (χ1) is 14.8. The van der Waals surface area contributed by atoms with Crippen LogP contribution in [-0.4, -0.2) is 80.2 Å². The third-order valence-corrected chi connectivity index (χ3v) is 5.16. The van der Waals surface area contributed by atoms with Crippen molar-refractivity contribution in [2.45, 2.75) is 6.42 Å². The summed E-state index contributed by atoms with van der Waals surface area (Å²) in [6.45, 7) is 3.67. The molecular formula is C20H27ClN6O4. The monoisotopic (exact) mass is 450 g/mol. The molecule has 1 fully saturated rings. The Kier molecular flexibility index (Phi) is 7.59. The fraction of sp³-hybridized carbons (Fsp3) is 0.450. The zero-order valence-electron chi connectivity index (χ0n) is 17.6. The van der Waals surface area contributed by atoms with E-state index >= 15 is 0 Å². The van der Waals surface area contributed by atoms with Crippen molar-refractivity contribution in [3.05, 3.63) is 35.2 Å². The molecule has 0 bridgehead atoms. The number of benzene rings is 1. The Morgan fingerprint density at radius 1 is 1.29 bits per heavy atom.